The molecule has 134 valence electrons. The molecule has 0 aliphatic rings. The summed E-state index contributed by atoms with van der Waals surface area (Å²) in [7, 11) is 0. The van der Waals surface area contributed by atoms with Gasteiger partial charge < -0.3 is 40.9 Å². The van der Waals surface area contributed by atoms with Gasteiger partial charge in [0.25, 0.3) is 0 Å². The highest BCUT2D eigenvalue weighted by Crippen LogP contribution is 2.35. The van der Waals surface area contributed by atoms with Gasteiger partial charge in [0.05, 0.1) is 17.4 Å². The van der Waals surface area contributed by atoms with Crippen molar-refractivity contribution >= 4 is 11.9 Å². The Kier molecular flexibility index (Phi) is 8.08. The van der Waals surface area contributed by atoms with Gasteiger partial charge in [-0.2, -0.15) is 0 Å². The molecular formula is C14H18O10. The zero-order valence-corrected chi connectivity index (χ0v) is 12.3. The first kappa shape index (κ1) is 21.0. The largest absolute Gasteiger partial charge is 0.513 e. The van der Waals surface area contributed by atoms with Crippen LogP contribution in [-0.2, 0) is 4.79 Å². The number of benzene rings is 1. The molecule has 1 rings (SSSR count). The Morgan fingerprint density at radius 1 is 1.00 bits per heavy atom. The number of carbonyl (C=O) groups is 2. The second kappa shape index (κ2) is 9.22. The molecule has 2 unspecified atom stereocenters. The van der Waals surface area contributed by atoms with E-state index in [0.717, 1.165) is 12.1 Å². The van der Waals surface area contributed by atoms with Gasteiger partial charge >= 0.3 is 11.9 Å². The minimum absolute atomic E-state index is 0.0250. The zero-order chi connectivity index (χ0) is 19.0. The van der Waals surface area contributed by atoms with Crippen LogP contribution in [0.4, 0.5) is 0 Å². The number of aliphatic carboxylic acids is 1. The van der Waals surface area contributed by atoms with Crippen LogP contribution in [0.1, 0.15) is 23.2 Å². The average Bonchev–Trinajstić information content (AvgIpc) is 2.49. The third-order valence-electron chi connectivity index (χ3n) is 2.66. The van der Waals surface area contributed by atoms with E-state index < -0.39 is 41.4 Å². The molecule has 0 aromatic heterocycles. The summed E-state index contributed by atoms with van der Waals surface area (Å²) in [6, 6.07) is 1.69. The summed E-state index contributed by atoms with van der Waals surface area (Å²) in [5, 5.41) is 69.5. The summed E-state index contributed by atoms with van der Waals surface area (Å²) in [6.07, 6.45) is -3.12. The topological polar surface area (TPSA) is 196 Å². The van der Waals surface area contributed by atoms with Crippen LogP contribution in [0.25, 0.3) is 0 Å². The molecule has 10 nitrogen and oxygen atoms in total. The predicted octanol–water partition coefficient (Wildman–Crippen LogP) is 0.146. The Labute approximate surface area is 135 Å². The van der Waals surface area contributed by atoms with Crippen molar-refractivity contribution in [3.63, 3.8) is 0 Å². The molecule has 0 aliphatic carbocycles. The highest BCUT2D eigenvalue weighted by atomic mass is 16.4. The number of aromatic hydroxyl groups is 3. The van der Waals surface area contributed by atoms with Gasteiger partial charge in [-0.1, -0.05) is 6.58 Å². The van der Waals surface area contributed by atoms with E-state index in [9.17, 15) is 9.59 Å². The Morgan fingerprint density at radius 3 is 1.79 bits per heavy atom. The lowest BCUT2D eigenvalue weighted by atomic mass is 10.1. The Morgan fingerprint density at radius 2 is 1.46 bits per heavy atom. The smallest absolute Gasteiger partial charge is 0.335 e. The maximum atomic E-state index is 10.3. The van der Waals surface area contributed by atoms with Crippen molar-refractivity contribution in [3.05, 3.63) is 30.0 Å². The quantitative estimate of drug-likeness (QED) is 0.259. The SMILES string of the molecule is C=C(O)CCC(O)C(O)C(=O)O.O=C(O)c1cc(O)c(O)c(O)c1. The van der Waals surface area contributed by atoms with E-state index in [1.54, 1.807) is 0 Å². The fourth-order valence-electron chi connectivity index (χ4n) is 1.36. The molecule has 10 heteroatoms. The number of aliphatic hydroxyl groups excluding tert-OH is 3. The number of carboxylic acids is 2. The van der Waals surface area contributed by atoms with Gasteiger partial charge in [0, 0.05) is 6.42 Å². The first-order valence-corrected chi connectivity index (χ1v) is 6.41. The molecule has 0 amide bonds. The van der Waals surface area contributed by atoms with Gasteiger partial charge in [-0.15, -0.1) is 0 Å². The number of allylic oxidation sites excluding steroid dienone is 1. The lowest BCUT2D eigenvalue weighted by molar-refractivity contribution is -0.153. The summed E-state index contributed by atoms with van der Waals surface area (Å²) in [5.74, 6) is -4.96. The number of phenolic OH excluding ortho intramolecular Hbond substituents is 3. The molecule has 0 aliphatic heterocycles. The average molecular weight is 346 g/mol. The monoisotopic (exact) mass is 346 g/mol. The van der Waals surface area contributed by atoms with Gasteiger partial charge in [-0.05, 0) is 18.6 Å². The van der Waals surface area contributed by atoms with E-state index >= 15 is 0 Å². The fraction of sp³-hybridized carbons (Fsp3) is 0.286. The molecule has 0 saturated carbocycles. The summed E-state index contributed by atoms with van der Waals surface area (Å²) in [5.41, 5.74) is -0.289. The molecule has 8 N–H and O–H groups in total. The molecule has 1 aromatic carbocycles. The van der Waals surface area contributed by atoms with Crippen molar-refractivity contribution in [3.8, 4) is 17.2 Å². The number of aliphatic hydroxyl groups is 3. The molecule has 0 saturated heterocycles. The summed E-state index contributed by atoms with van der Waals surface area (Å²) in [6.45, 7) is 3.15. The van der Waals surface area contributed by atoms with Crippen LogP contribution in [0.3, 0.4) is 0 Å². The number of hydrogen-bond donors (Lipinski definition) is 8. The molecule has 1 aromatic rings. The van der Waals surface area contributed by atoms with E-state index in [1.807, 2.05) is 0 Å². The van der Waals surface area contributed by atoms with Crippen LogP contribution in [0, 0.1) is 0 Å². The van der Waals surface area contributed by atoms with Crippen LogP contribution >= 0.6 is 0 Å². The third kappa shape index (κ3) is 6.85. The van der Waals surface area contributed by atoms with Crippen LogP contribution < -0.4 is 0 Å². The predicted molar refractivity (Wildman–Crippen MR) is 79.0 cm³/mol. The molecular weight excluding hydrogens is 328 g/mol. The molecule has 0 radical (unpaired) electrons. The fourth-order valence-corrected chi connectivity index (χ4v) is 1.36. The number of hydrogen-bond acceptors (Lipinski definition) is 8. The number of aromatic carboxylic acids is 1. The first-order valence-electron chi connectivity index (χ1n) is 6.41. The molecule has 0 heterocycles. The second-order valence-electron chi connectivity index (χ2n) is 4.62. The van der Waals surface area contributed by atoms with E-state index in [-0.39, 0.29) is 24.2 Å². The van der Waals surface area contributed by atoms with E-state index in [1.165, 1.54) is 0 Å². The van der Waals surface area contributed by atoms with Gasteiger partial charge in [-0.3, -0.25) is 0 Å². The summed E-state index contributed by atoms with van der Waals surface area (Å²) < 4.78 is 0. The second-order valence-corrected chi connectivity index (χ2v) is 4.62. The standard InChI is InChI=1S/C7H6O5.C7H12O5/c8-4-1-3(7(11)12)2-5(9)6(4)10;1-4(8)2-3-5(9)6(10)7(11)12/h1-2,8-10H,(H,11,12);5-6,8-10H,1-3H2,(H,11,12). The van der Waals surface area contributed by atoms with Crippen molar-refractivity contribution in [1.29, 1.82) is 0 Å². The zero-order valence-electron chi connectivity index (χ0n) is 12.3. The number of rotatable bonds is 6. The van der Waals surface area contributed by atoms with E-state index in [0.29, 0.717) is 0 Å². The number of phenols is 3. The van der Waals surface area contributed by atoms with Crippen molar-refractivity contribution in [1.82, 2.24) is 0 Å². The molecule has 24 heavy (non-hydrogen) atoms. The lowest BCUT2D eigenvalue weighted by Crippen LogP contribution is -2.33. The van der Waals surface area contributed by atoms with E-state index in [4.69, 9.17) is 40.9 Å². The van der Waals surface area contributed by atoms with Gasteiger partial charge in [0.1, 0.15) is 0 Å². The molecule has 0 bridgehead atoms. The summed E-state index contributed by atoms with van der Waals surface area (Å²) in [4.78, 5) is 20.4. The number of carboxylic acid groups (broad SMARTS) is 2. The van der Waals surface area contributed by atoms with Crippen molar-refractivity contribution in [2.75, 3.05) is 0 Å². The third-order valence-corrected chi connectivity index (χ3v) is 2.66. The molecule has 0 fully saturated rings. The highest BCUT2D eigenvalue weighted by Gasteiger charge is 2.22. The van der Waals surface area contributed by atoms with Crippen molar-refractivity contribution < 1.29 is 50.4 Å². The van der Waals surface area contributed by atoms with Gasteiger partial charge in [0.2, 0.25) is 0 Å². The van der Waals surface area contributed by atoms with Crippen LogP contribution in [0.15, 0.2) is 24.5 Å². The Bertz CT molecular complexity index is 587. The first-order chi connectivity index (χ1) is 11.0. The summed E-state index contributed by atoms with van der Waals surface area (Å²) >= 11 is 0. The molecule has 0 spiro atoms. The Hall–Kier alpha value is -2.98. The van der Waals surface area contributed by atoms with E-state index in [2.05, 4.69) is 6.58 Å². The van der Waals surface area contributed by atoms with Crippen LogP contribution in [0.2, 0.25) is 0 Å². The van der Waals surface area contributed by atoms with Gasteiger partial charge in [-0.25, -0.2) is 9.59 Å². The van der Waals surface area contributed by atoms with Crippen LogP contribution in [-0.4, -0.2) is 65.0 Å². The molecule has 2 atom stereocenters. The van der Waals surface area contributed by atoms with Crippen molar-refractivity contribution in [2.24, 2.45) is 0 Å². The van der Waals surface area contributed by atoms with Crippen LogP contribution in [0.5, 0.6) is 17.2 Å². The van der Waals surface area contributed by atoms with Gasteiger partial charge in [0.15, 0.2) is 23.4 Å². The van der Waals surface area contributed by atoms with Crippen molar-refractivity contribution in [2.45, 2.75) is 25.0 Å². The maximum absolute atomic E-state index is 10.3. The minimum atomic E-state index is -1.80. The normalized spacial score (nSPS) is 12.4. The highest BCUT2D eigenvalue weighted by molar-refractivity contribution is 5.89. The lowest BCUT2D eigenvalue weighted by Gasteiger charge is -2.12. The Balaban J connectivity index is 0.000000441. The maximum Gasteiger partial charge on any atom is 0.335 e. The minimum Gasteiger partial charge on any atom is -0.513 e.